The number of hydrogen-bond donors (Lipinski definition) is 1. The summed E-state index contributed by atoms with van der Waals surface area (Å²) in [5.74, 6) is -0.178. The summed E-state index contributed by atoms with van der Waals surface area (Å²) in [7, 11) is 0. The predicted octanol–water partition coefficient (Wildman–Crippen LogP) is 7.01. The number of benzene rings is 3. The molecule has 0 aliphatic rings. The van der Waals surface area contributed by atoms with Gasteiger partial charge in [-0.25, -0.2) is 4.39 Å². The third-order valence-electron chi connectivity index (χ3n) is 5.68. The van der Waals surface area contributed by atoms with E-state index < -0.39 is 5.91 Å². The van der Waals surface area contributed by atoms with Gasteiger partial charge in [-0.15, -0.1) is 0 Å². The number of aryl methyl sites for hydroxylation is 1. The first-order valence-corrected chi connectivity index (χ1v) is 11.6. The number of ether oxygens (including phenoxy) is 1. The van der Waals surface area contributed by atoms with Gasteiger partial charge < -0.3 is 14.6 Å². The molecule has 0 radical (unpaired) electrons. The maximum Gasteiger partial charge on any atom is 0.266 e. The smallest absolute Gasteiger partial charge is 0.266 e. The van der Waals surface area contributed by atoms with Crippen molar-refractivity contribution in [3.8, 4) is 17.5 Å². The first-order chi connectivity index (χ1) is 17.4. The molecule has 0 bridgehead atoms. The third kappa shape index (κ3) is 5.65. The lowest BCUT2D eigenvalue weighted by molar-refractivity contribution is -0.112. The standard InChI is InChI=1S/C29H23ClFN3O2/c1-19-15-22(16-23(17-32)29(35)33-25-9-7-24(30)8-10-25)20(2)34(19)26-11-13-27(14-12-26)36-18-21-5-3-4-6-28(21)31/h3-16H,18H2,1-2H3,(H,33,35)/b23-16-. The molecule has 0 saturated heterocycles. The number of anilines is 1. The molecule has 4 aromatic rings. The third-order valence-corrected chi connectivity index (χ3v) is 5.94. The van der Waals surface area contributed by atoms with E-state index in [2.05, 4.69) is 5.32 Å². The number of carbonyl (C=O) groups is 1. The molecule has 36 heavy (non-hydrogen) atoms. The van der Waals surface area contributed by atoms with Crippen molar-refractivity contribution in [2.24, 2.45) is 0 Å². The fraction of sp³-hybridized carbons (Fsp3) is 0.103. The van der Waals surface area contributed by atoms with E-state index in [1.165, 1.54) is 6.07 Å². The maximum atomic E-state index is 13.8. The average Bonchev–Trinajstić information content (AvgIpc) is 3.16. The van der Waals surface area contributed by atoms with Gasteiger partial charge in [0.15, 0.2) is 0 Å². The topological polar surface area (TPSA) is 67.0 Å². The van der Waals surface area contributed by atoms with Crippen molar-refractivity contribution in [2.75, 3.05) is 5.32 Å². The van der Waals surface area contributed by atoms with Crippen LogP contribution in [-0.2, 0) is 11.4 Å². The minimum Gasteiger partial charge on any atom is -0.489 e. The van der Waals surface area contributed by atoms with Crippen LogP contribution < -0.4 is 10.1 Å². The zero-order valence-electron chi connectivity index (χ0n) is 19.8. The van der Waals surface area contributed by atoms with Gasteiger partial charge in [-0.1, -0.05) is 29.8 Å². The number of nitrogens with zero attached hydrogens (tertiary/aromatic N) is 2. The summed E-state index contributed by atoms with van der Waals surface area (Å²) in [5.41, 5.74) is 4.50. The summed E-state index contributed by atoms with van der Waals surface area (Å²) < 4.78 is 21.6. The molecule has 0 aliphatic heterocycles. The number of aromatic nitrogens is 1. The van der Waals surface area contributed by atoms with Crippen LogP contribution in [0.3, 0.4) is 0 Å². The molecule has 1 N–H and O–H groups in total. The number of amides is 1. The molecule has 4 rings (SSSR count). The zero-order valence-corrected chi connectivity index (χ0v) is 20.5. The molecule has 7 heteroatoms. The van der Waals surface area contributed by atoms with E-state index in [0.29, 0.717) is 22.0 Å². The summed E-state index contributed by atoms with van der Waals surface area (Å²) in [6.07, 6.45) is 1.58. The van der Waals surface area contributed by atoms with Gasteiger partial charge in [-0.05, 0) is 86.2 Å². The van der Waals surface area contributed by atoms with Gasteiger partial charge in [0.1, 0.15) is 29.8 Å². The molecule has 0 unspecified atom stereocenters. The molecule has 180 valence electrons. The predicted molar refractivity (Wildman–Crippen MR) is 140 cm³/mol. The normalized spacial score (nSPS) is 11.1. The molecule has 0 spiro atoms. The molecule has 0 saturated carbocycles. The number of halogens is 2. The summed E-state index contributed by atoms with van der Waals surface area (Å²) in [5, 5.41) is 12.9. The SMILES string of the molecule is Cc1cc(/C=C(/C#N)C(=O)Nc2ccc(Cl)cc2)c(C)n1-c1ccc(OCc2ccccc2F)cc1. The quantitative estimate of drug-likeness (QED) is 0.219. The number of nitriles is 1. The number of hydrogen-bond acceptors (Lipinski definition) is 3. The van der Waals surface area contributed by atoms with Gasteiger partial charge in [-0.2, -0.15) is 5.26 Å². The molecule has 0 atom stereocenters. The average molecular weight is 500 g/mol. The Balaban J connectivity index is 1.51. The van der Waals surface area contributed by atoms with Crippen LogP contribution in [0.1, 0.15) is 22.5 Å². The number of carbonyl (C=O) groups excluding carboxylic acids is 1. The first-order valence-electron chi connectivity index (χ1n) is 11.2. The minimum atomic E-state index is -0.499. The molecule has 3 aromatic carbocycles. The van der Waals surface area contributed by atoms with Gasteiger partial charge in [0.25, 0.3) is 5.91 Å². The van der Waals surface area contributed by atoms with Crippen LogP contribution in [0.2, 0.25) is 5.02 Å². The maximum absolute atomic E-state index is 13.8. The van der Waals surface area contributed by atoms with E-state index in [4.69, 9.17) is 16.3 Å². The Morgan fingerprint density at radius 1 is 1.08 bits per heavy atom. The Hall–Kier alpha value is -4.34. The summed E-state index contributed by atoms with van der Waals surface area (Å²) in [6, 6.07) is 24.6. The molecule has 5 nitrogen and oxygen atoms in total. The van der Waals surface area contributed by atoms with E-state index >= 15 is 0 Å². The van der Waals surface area contributed by atoms with Crippen LogP contribution >= 0.6 is 11.6 Å². The lowest BCUT2D eigenvalue weighted by atomic mass is 10.1. The van der Waals surface area contributed by atoms with Crippen molar-refractivity contribution >= 4 is 29.3 Å². The van der Waals surface area contributed by atoms with Gasteiger partial charge in [0, 0.05) is 33.3 Å². The van der Waals surface area contributed by atoms with Gasteiger partial charge in [-0.3, -0.25) is 4.79 Å². The monoisotopic (exact) mass is 499 g/mol. The van der Waals surface area contributed by atoms with E-state index in [1.54, 1.807) is 48.5 Å². The highest BCUT2D eigenvalue weighted by Crippen LogP contribution is 2.25. The Morgan fingerprint density at radius 2 is 1.78 bits per heavy atom. The van der Waals surface area contributed by atoms with Crippen molar-refractivity contribution in [2.45, 2.75) is 20.5 Å². The largest absolute Gasteiger partial charge is 0.489 e. The van der Waals surface area contributed by atoms with E-state index in [9.17, 15) is 14.4 Å². The highest BCUT2D eigenvalue weighted by Gasteiger charge is 2.14. The van der Waals surface area contributed by atoms with Crippen molar-refractivity contribution in [3.05, 3.63) is 118 Å². The van der Waals surface area contributed by atoms with Crippen LogP contribution in [0.25, 0.3) is 11.8 Å². The highest BCUT2D eigenvalue weighted by atomic mass is 35.5. The lowest BCUT2D eigenvalue weighted by Crippen LogP contribution is -2.13. The molecule has 1 heterocycles. The second kappa shape index (κ2) is 10.9. The van der Waals surface area contributed by atoms with Gasteiger partial charge >= 0.3 is 0 Å². The second-order valence-corrected chi connectivity index (χ2v) is 8.60. The lowest BCUT2D eigenvalue weighted by Gasteiger charge is -2.12. The summed E-state index contributed by atoms with van der Waals surface area (Å²) in [6.45, 7) is 4.01. The molecular formula is C29H23ClFN3O2. The van der Waals surface area contributed by atoms with E-state index in [0.717, 1.165) is 22.6 Å². The van der Waals surface area contributed by atoms with Crippen LogP contribution in [0.15, 0.2) is 84.4 Å². The van der Waals surface area contributed by atoms with Crippen LogP contribution in [0, 0.1) is 31.0 Å². The molecule has 1 aromatic heterocycles. The van der Waals surface area contributed by atoms with Gasteiger partial charge in [0.2, 0.25) is 0 Å². The van der Waals surface area contributed by atoms with Crippen molar-refractivity contribution in [1.82, 2.24) is 4.57 Å². The second-order valence-electron chi connectivity index (χ2n) is 8.17. The van der Waals surface area contributed by atoms with Gasteiger partial charge in [0.05, 0.1) is 0 Å². The molecular weight excluding hydrogens is 477 g/mol. The number of rotatable bonds is 7. The number of nitrogens with one attached hydrogen (secondary N) is 1. The fourth-order valence-corrected chi connectivity index (χ4v) is 3.96. The van der Waals surface area contributed by atoms with Crippen LogP contribution in [-0.4, -0.2) is 10.5 Å². The van der Waals surface area contributed by atoms with Crippen molar-refractivity contribution < 1.29 is 13.9 Å². The Bertz CT molecular complexity index is 1470. The van der Waals surface area contributed by atoms with Crippen molar-refractivity contribution in [1.29, 1.82) is 5.26 Å². The first kappa shape index (κ1) is 24.8. The highest BCUT2D eigenvalue weighted by molar-refractivity contribution is 6.30. The van der Waals surface area contributed by atoms with Crippen molar-refractivity contribution in [3.63, 3.8) is 0 Å². The molecule has 0 fully saturated rings. The zero-order chi connectivity index (χ0) is 25.7. The Morgan fingerprint density at radius 3 is 2.44 bits per heavy atom. The van der Waals surface area contributed by atoms with Crippen LogP contribution in [0.5, 0.6) is 5.75 Å². The van der Waals surface area contributed by atoms with E-state index in [1.807, 2.05) is 54.8 Å². The van der Waals surface area contributed by atoms with E-state index in [-0.39, 0.29) is 18.0 Å². The Kier molecular flexibility index (Phi) is 7.53. The fourth-order valence-electron chi connectivity index (χ4n) is 3.83. The summed E-state index contributed by atoms with van der Waals surface area (Å²) >= 11 is 5.89. The Labute approximate surface area is 214 Å². The molecule has 0 aliphatic carbocycles. The molecule has 1 amide bonds. The summed E-state index contributed by atoms with van der Waals surface area (Å²) in [4.78, 5) is 12.6. The van der Waals surface area contributed by atoms with Crippen LogP contribution in [0.4, 0.5) is 10.1 Å². The minimum absolute atomic E-state index is 0.0120.